The van der Waals surface area contributed by atoms with Crippen molar-refractivity contribution in [1.29, 1.82) is 0 Å². The Balaban J connectivity index is 2.05. The summed E-state index contributed by atoms with van der Waals surface area (Å²) < 4.78 is 1.85. The molecule has 0 aromatic carbocycles. The molecule has 1 aliphatic rings. The van der Waals surface area contributed by atoms with Gasteiger partial charge in [0.1, 0.15) is 0 Å². The molecule has 2 rings (SSSR count). The van der Waals surface area contributed by atoms with Gasteiger partial charge in [-0.1, -0.05) is 0 Å². The molecule has 0 spiro atoms. The van der Waals surface area contributed by atoms with Gasteiger partial charge in [0.15, 0.2) is 0 Å². The molecule has 1 fully saturated rings. The Morgan fingerprint density at radius 3 is 3.00 bits per heavy atom. The number of likely N-dealkylation sites (tertiary alicyclic amines) is 1. The summed E-state index contributed by atoms with van der Waals surface area (Å²) >= 11 is 0. The number of amides is 1. The Morgan fingerprint density at radius 2 is 2.50 bits per heavy atom. The molecular weight excluding hydrogens is 180 g/mol. The second-order valence-corrected chi connectivity index (χ2v) is 3.66. The lowest BCUT2D eigenvalue weighted by molar-refractivity contribution is -0.127. The van der Waals surface area contributed by atoms with Crippen molar-refractivity contribution >= 4 is 11.6 Å². The fraction of sp³-hybridized carbons (Fsp3) is 0.556. The van der Waals surface area contributed by atoms with E-state index in [2.05, 4.69) is 5.10 Å². The van der Waals surface area contributed by atoms with Gasteiger partial charge in [0.2, 0.25) is 5.91 Å². The van der Waals surface area contributed by atoms with Gasteiger partial charge in [0.05, 0.1) is 17.9 Å². The van der Waals surface area contributed by atoms with Gasteiger partial charge in [-0.25, -0.2) is 0 Å². The molecule has 1 aromatic heterocycles. The Morgan fingerprint density at radius 1 is 1.71 bits per heavy atom. The lowest BCUT2D eigenvalue weighted by Crippen LogP contribution is -2.26. The minimum atomic E-state index is 0.132. The van der Waals surface area contributed by atoms with E-state index >= 15 is 0 Å². The molecule has 76 valence electrons. The Bertz CT molecular complexity index is 346. The number of hydrogen-bond donors (Lipinski definition) is 1. The molecule has 0 radical (unpaired) electrons. The summed E-state index contributed by atoms with van der Waals surface area (Å²) in [5, 5.41) is 4.15. The van der Waals surface area contributed by atoms with Crippen LogP contribution in [0.2, 0.25) is 0 Å². The smallest absolute Gasteiger partial charge is 0.219 e. The number of carbonyl (C=O) groups excluding carboxylic acids is 1. The maximum atomic E-state index is 11.1. The van der Waals surface area contributed by atoms with Gasteiger partial charge in [0.25, 0.3) is 0 Å². The van der Waals surface area contributed by atoms with Crippen LogP contribution in [0, 0.1) is 0 Å². The van der Waals surface area contributed by atoms with Crippen molar-refractivity contribution in [2.75, 3.05) is 18.8 Å². The van der Waals surface area contributed by atoms with Gasteiger partial charge in [0, 0.05) is 26.2 Å². The van der Waals surface area contributed by atoms with E-state index < -0.39 is 0 Å². The summed E-state index contributed by atoms with van der Waals surface area (Å²) in [6, 6.07) is 0.288. The van der Waals surface area contributed by atoms with Gasteiger partial charge in [-0.05, 0) is 6.42 Å². The molecule has 0 bridgehead atoms. The van der Waals surface area contributed by atoms with Crippen LogP contribution in [0.15, 0.2) is 12.4 Å². The van der Waals surface area contributed by atoms with Crippen molar-refractivity contribution in [1.82, 2.24) is 14.7 Å². The molecule has 1 amide bonds. The molecule has 1 atom stereocenters. The van der Waals surface area contributed by atoms with Crippen LogP contribution in [-0.2, 0) is 4.79 Å². The van der Waals surface area contributed by atoms with Gasteiger partial charge < -0.3 is 10.6 Å². The van der Waals surface area contributed by atoms with E-state index in [4.69, 9.17) is 5.73 Å². The standard InChI is InChI=1S/C9H14N4O/c1-7(14)12-3-2-9(6-12)13-5-8(10)4-11-13/h4-5,9H,2-3,6,10H2,1H3. The average Bonchev–Trinajstić information content (AvgIpc) is 2.70. The summed E-state index contributed by atoms with van der Waals surface area (Å²) in [6.07, 6.45) is 4.41. The van der Waals surface area contributed by atoms with E-state index in [1.165, 1.54) is 0 Å². The lowest BCUT2D eigenvalue weighted by atomic mass is 10.3. The van der Waals surface area contributed by atoms with Crippen LogP contribution in [0.4, 0.5) is 5.69 Å². The van der Waals surface area contributed by atoms with Crippen LogP contribution in [0.3, 0.4) is 0 Å². The van der Waals surface area contributed by atoms with Crippen molar-refractivity contribution in [2.24, 2.45) is 0 Å². The average molecular weight is 194 g/mol. The summed E-state index contributed by atoms with van der Waals surface area (Å²) in [5.74, 6) is 0.132. The second-order valence-electron chi connectivity index (χ2n) is 3.66. The zero-order chi connectivity index (χ0) is 10.1. The number of nitrogen functional groups attached to an aromatic ring is 1. The highest BCUT2D eigenvalue weighted by atomic mass is 16.2. The first-order valence-electron chi connectivity index (χ1n) is 4.72. The first-order valence-corrected chi connectivity index (χ1v) is 4.72. The molecule has 1 aromatic rings. The van der Waals surface area contributed by atoms with Crippen molar-refractivity contribution in [3.8, 4) is 0 Å². The summed E-state index contributed by atoms with van der Waals surface area (Å²) in [7, 11) is 0. The van der Waals surface area contributed by atoms with Crippen LogP contribution in [0.5, 0.6) is 0 Å². The number of nitrogens with two attached hydrogens (primary N) is 1. The predicted octanol–water partition coefficient (Wildman–Crippen LogP) is 0.259. The summed E-state index contributed by atoms with van der Waals surface area (Å²) in [6.45, 7) is 3.16. The zero-order valence-electron chi connectivity index (χ0n) is 8.18. The summed E-state index contributed by atoms with van der Waals surface area (Å²) in [5.41, 5.74) is 6.25. The number of nitrogens with zero attached hydrogens (tertiary/aromatic N) is 3. The number of carbonyl (C=O) groups is 1. The van der Waals surface area contributed by atoms with Gasteiger partial charge in [-0.3, -0.25) is 9.48 Å². The van der Waals surface area contributed by atoms with Crippen LogP contribution < -0.4 is 5.73 Å². The van der Waals surface area contributed by atoms with Gasteiger partial charge >= 0.3 is 0 Å². The fourth-order valence-electron chi connectivity index (χ4n) is 1.80. The van der Waals surface area contributed by atoms with E-state index in [-0.39, 0.29) is 11.9 Å². The fourth-order valence-corrected chi connectivity index (χ4v) is 1.80. The summed E-state index contributed by atoms with van der Waals surface area (Å²) in [4.78, 5) is 12.9. The monoisotopic (exact) mass is 194 g/mol. The number of aromatic nitrogens is 2. The highest BCUT2D eigenvalue weighted by Crippen LogP contribution is 2.21. The van der Waals surface area contributed by atoms with Crippen molar-refractivity contribution in [3.63, 3.8) is 0 Å². The molecule has 5 nitrogen and oxygen atoms in total. The molecule has 1 unspecified atom stereocenters. The van der Waals surface area contributed by atoms with Gasteiger partial charge in [-0.2, -0.15) is 5.10 Å². The molecule has 5 heteroatoms. The lowest BCUT2D eigenvalue weighted by Gasteiger charge is -2.13. The van der Waals surface area contributed by atoms with Crippen LogP contribution in [0.1, 0.15) is 19.4 Å². The molecule has 1 saturated heterocycles. The number of anilines is 1. The first kappa shape index (κ1) is 9.05. The van der Waals surface area contributed by atoms with Gasteiger partial charge in [-0.15, -0.1) is 0 Å². The van der Waals surface area contributed by atoms with Crippen LogP contribution >= 0.6 is 0 Å². The van der Waals surface area contributed by atoms with Crippen molar-refractivity contribution < 1.29 is 4.79 Å². The molecule has 14 heavy (non-hydrogen) atoms. The zero-order valence-corrected chi connectivity index (χ0v) is 8.18. The Hall–Kier alpha value is -1.52. The second kappa shape index (κ2) is 3.32. The molecule has 0 aliphatic carbocycles. The maximum Gasteiger partial charge on any atom is 0.219 e. The van der Waals surface area contributed by atoms with E-state index in [0.717, 1.165) is 19.5 Å². The van der Waals surface area contributed by atoms with Crippen LogP contribution in [-0.4, -0.2) is 33.7 Å². The minimum absolute atomic E-state index is 0.132. The topological polar surface area (TPSA) is 64.2 Å². The van der Waals surface area contributed by atoms with E-state index in [1.807, 2.05) is 15.8 Å². The molecule has 2 N–H and O–H groups in total. The van der Waals surface area contributed by atoms with Crippen molar-refractivity contribution in [3.05, 3.63) is 12.4 Å². The highest BCUT2D eigenvalue weighted by Gasteiger charge is 2.25. The molecule has 0 saturated carbocycles. The normalized spacial score (nSPS) is 21.5. The molecular formula is C9H14N4O. The third-order valence-electron chi connectivity index (χ3n) is 2.60. The Labute approximate surface area is 82.5 Å². The highest BCUT2D eigenvalue weighted by molar-refractivity contribution is 5.73. The number of rotatable bonds is 1. The van der Waals surface area contributed by atoms with Crippen molar-refractivity contribution in [2.45, 2.75) is 19.4 Å². The minimum Gasteiger partial charge on any atom is -0.396 e. The van der Waals surface area contributed by atoms with E-state index in [0.29, 0.717) is 5.69 Å². The first-order chi connectivity index (χ1) is 6.66. The largest absolute Gasteiger partial charge is 0.396 e. The van der Waals surface area contributed by atoms with E-state index in [9.17, 15) is 4.79 Å². The van der Waals surface area contributed by atoms with Crippen LogP contribution in [0.25, 0.3) is 0 Å². The third kappa shape index (κ3) is 1.57. The SMILES string of the molecule is CC(=O)N1CCC(n2cc(N)cn2)C1. The quantitative estimate of drug-likeness (QED) is 0.697. The Kier molecular flexibility index (Phi) is 2.15. The maximum absolute atomic E-state index is 11.1. The third-order valence-corrected chi connectivity index (χ3v) is 2.60. The predicted molar refractivity (Wildman–Crippen MR) is 52.5 cm³/mol. The molecule has 1 aliphatic heterocycles. The van der Waals surface area contributed by atoms with E-state index in [1.54, 1.807) is 13.1 Å². The molecule has 2 heterocycles. The number of hydrogen-bond acceptors (Lipinski definition) is 3.